The Morgan fingerprint density at radius 1 is 1.29 bits per heavy atom. The molecule has 1 heterocycles. The Bertz CT molecular complexity index is 546. The average molecular weight is 289 g/mol. The number of carboxylic acids is 1. The van der Waals surface area contributed by atoms with Crippen LogP contribution in [0.2, 0.25) is 0 Å². The summed E-state index contributed by atoms with van der Waals surface area (Å²) in [5.74, 6) is 0.154. The van der Waals surface area contributed by atoms with Crippen molar-refractivity contribution < 1.29 is 9.90 Å². The van der Waals surface area contributed by atoms with Gasteiger partial charge in [0.1, 0.15) is 12.1 Å². The SMILES string of the molecule is CC1(C(=O)O)CCCCC1Nc1ncnc2c1CCCC2. The molecule has 0 radical (unpaired) electrons. The lowest BCUT2D eigenvalue weighted by molar-refractivity contribution is -0.150. The number of nitrogens with zero attached hydrogens (tertiary/aromatic N) is 2. The zero-order valence-electron chi connectivity index (χ0n) is 12.6. The molecule has 2 unspecified atom stereocenters. The van der Waals surface area contributed by atoms with Gasteiger partial charge in [-0.2, -0.15) is 0 Å². The highest BCUT2D eigenvalue weighted by atomic mass is 16.4. The first-order valence-electron chi connectivity index (χ1n) is 7.94. The summed E-state index contributed by atoms with van der Waals surface area (Å²) in [7, 11) is 0. The first-order valence-corrected chi connectivity index (χ1v) is 7.94. The number of carboxylic acid groups (broad SMARTS) is 1. The third-order valence-corrected chi connectivity index (χ3v) is 5.13. The summed E-state index contributed by atoms with van der Waals surface area (Å²) in [5.41, 5.74) is 1.62. The minimum Gasteiger partial charge on any atom is -0.481 e. The van der Waals surface area contributed by atoms with Gasteiger partial charge < -0.3 is 10.4 Å². The van der Waals surface area contributed by atoms with Crippen LogP contribution >= 0.6 is 0 Å². The molecule has 0 bridgehead atoms. The molecule has 5 heteroatoms. The molecule has 1 aromatic heterocycles. The first-order chi connectivity index (χ1) is 10.1. The Kier molecular flexibility index (Phi) is 3.83. The molecule has 2 N–H and O–H groups in total. The molecule has 2 aliphatic rings. The summed E-state index contributed by atoms with van der Waals surface area (Å²) in [6.45, 7) is 1.86. The quantitative estimate of drug-likeness (QED) is 0.895. The molecule has 0 amide bonds. The number of hydrogen-bond donors (Lipinski definition) is 2. The number of anilines is 1. The largest absolute Gasteiger partial charge is 0.481 e. The number of fused-ring (bicyclic) bond motifs is 1. The predicted octanol–water partition coefficient (Wildman–Crippen LogP) is 2.80. The van der Waals surface area contributed by atoms with Gasteiger partial charge >= 0.3 is 5.97 Å². The monoisotopic (exact) mass is 289 g/mol. The fraction of sp³-hybridized carbons (Fsp3) is 0.688. The molecule has 0 spiro atoms. The Morgan fingerprint density at radius 3 is 2.90 bits per heavy atom. The molecule has 3 rings (SSSR count). The summed E-state index contributed by atoms with van der Waals surface area (Å²) in [6.07, 6.45) is 9.64. The predicted molar refractivity (Wildman–Crippen MR) is 80.3 cm³/mol. The van der Waals surface area contributed by atoms with Crippen molar-refractivity contribution in [3.63, 3.8) is 0 Å². The van der Waals surface area contributed by atoms with Crippen LogP contribution in [0.25, 0.3) is 0 Å². The van der Waals surface area contributed by atoms with Gasteiger partial charge in [0.25, 0.3) is 0 Å². The van der Waals surface area contributed by atoms with Crippen LogP contribution in [-0.2, 0) is 17.6 Å². The van der Waals surface area contributed by atoms with Gasteiger partial charge in [-0.3, -0.25) is 4.79 Å². The van der Waals surface area contributed by atoms with E-state index in [-0.39, 0.29) is 6.04 Å². The first kappa shape index (κ1) is 14.3. The summed E-state index contributed by atoms with van der Waals surface area (Å²) in [4.78, 5) is 20.5. The molecular weight excluding hydrogens is 266 g/mol. The van der Waals surface area contributed by atoms with Gasteiger partial charge in [0.15, 0.2) is 0 Å². The minimum absolute atomic E-state index is 0.0512. The van der Waals surface area contributed by atoms with E-state index in [1.165, 1.54) is 12.0 Å². The topological polar surface area (TPSA) is 75.1 Å². The second-order valence-corrected chi connectivity index (χ2v) is 6.52. The van der Waals surface area contributed by atoms with Crippen LogP contribution in [0, 0.1) is 5.41 Å². The molecule has 0 aromatic carbocycles. The number of carbonyl (C=O) groups is 1. The van der Waals surface area contributed by atoms with E-state index in [1.807, 2.05) is 6.92 Å². The van der Waals surface area contributed by atoms with E-state index in [1.54, 1.807) is 6.33 Å². The van der Waals surface area contributed by atoms with Crippen LogP contribution in [0.4, 0.5) is 5.82 Å². The third-order valence-electron chi connectivity index (χ3n) is 5.13. The zero-order chi connectivity index (χ0) is 14.9. The van der Waals surface area contributed by atoms with Gasteiger partial charge in [-0.25, -0.2) is 9.97 Å². The Morgan fingerprint density at radius 2 is 2.10 bits per heavy atom. The second-order valence-electron chi connectivity index (χ2n) is 6.52. The molecule has 0 aliphatic heterocycles. The number of hydrogen-bond acceptors (Lipinski definition) is 4. The number of rotatable bonds is 3. The third kappa shape index (κ3) is 2.61. The van der Waals surface area contributed by atoms with Crippen molar-refractivity contribution in [3.05, 3.63) is 17.6 Å². The van der Waals surface area contributed by atoms with Crippen molar-refractivity contribution in [3.8, 4) is 0 Å². The Labute approximate surface area is 125 Å². The molecule has 2 aliphatic carbocycles. The van der Waals surface area contributed by atoms with Gasteiger partial charge in [0.2, 0.25) is 0 Å². The van der Waals surface area contributed by atoms with Crippen molar-refractivity contribution in [1.82, 2.24) is 9.97 Å². The maximum absolute atomic E-state index is 11.7. The molecule has 1 aromatic rings. The van der Waals surface area contributed by atoms with Gasteiger partial charge in [-0.1, -0.05) is 12.8 Å². The summed E-state index contributed by atoms with van der Waals surface area (Å²) in [6, 6.07) is -0.0512. The minimum atomic E-state index is -0.706. The zero-order valence-corrected chi connectivity index (χ0v) is 12.6. The summed E-state index contributed by atoms with van der Waals surface area (Å²) in [5, 5.41) is 13.1. The smallest absolute Gasteiger partial charge is 0.311 e. The molecule has 2 atom stereocenters. The van der Waals surface area contributed by atoms with Gasteiger partial charge in [-0.15, -0.1) is 0 Å². The highest BCUT2D eigenvalue weighted by Gasteiger charge is 2.43. The standard InChI is InChI=1S/C16H23N3O2/c1-16(15(20)21)9-5-4-8-13(16)19-14-11-6-2-3-7-12(11)17-10-18-14/h10,13H,2-9H2,1H3,(H,20,21)(H,17,18,19). The lowest BCUT2D eigenvalue weighted by atomic mass is 9.71. The van der Waals surface area contributed by atoms with Crippen LogP contribution in [0.15, 0.2) is 6.33 Å². The number of aromatic nitrogens is 2. The number of aryl methyl sites for hydroxylation is 1. The van der Waals surface area contributed by atoms with Gasteiger partial charge in [0.05, 0.1) is 5.41 Å². The van der Waals surface area contributed by atoms with Crippen LogP contribution in [0.1, 0.15) is 56.7 Å². The lowest BCUT2D eigenvalue weighted by Gasteiger charge is -2.39. The number of nitrogens with one attached hydrogen (secondary N) is 1. The van der Waals surface area contributed by atoms with Crippen molar-refractivity contribution in [2.24, 2.45) is 5.41 Å². The van der Waals surface area contributed by atoms with E-state index in [2.05, 4.69) is 15.3 Å². The molecule has 5 nitrogen and oxygen atoms in total. The van der Waals surface area contributed by atoms with Crippen LogP contribution in [0.3, 0.4) is 0 Å². The molecule has 1 saturated carbocycles. The van der Waals surface area contributed by atoms with Crippen molar-refractivity contribution in [1.29, 1.82) is 0 Å². The molecule has 21 heavy (non-hydrogen) atoms. The molecular formula is C16H23N3O2. The van der Waals surface area contributed by atoms with E-state index in [0.29, 0.717) is 0 Å². The Hall–Kier alpha value is -1.65. The molecule has 114 valence electrons. The number of aliphatic carboxylic acids is 1. The van der Waals surface area contributed by atoms with Gasteiger partial charge in [0, 0.05) is 17.3 Å². The summed E-state index contributed by atoms with van der Waals surface area (Å²) >= 11 is 0. The van der Waals surface area contributed by atoms with Gasteiger partial charge in [-0.05, 0) is 45.4 Å². The lowest BCUT2D eigenvalue weighted by Crippen LogP contribution is -2.47. The fourth-order valence-electron chi connectivity index (χ4n) is 3.63. The maximum atomic E-state index is 11.7. The molecule has 0 saturated heterocycles. The highest BCUT2D eigenvalue weighted by Crippen LogP contribution is 2.38. The average Bonchev–Trinajstić information content (AvgIpc) is 2.50. The van der Waals surface area contributed by atoms with E-state index >= 15 is 0 Å². The van der Waals surface area contributed by atoms with Crippen molar-refractivity contribution in [2.45, 2.75) is 64.3 Å². The van der Waals surface area contributed by atoms with Crippen LogP contribution < -0.4 is 5.32 Å². The fourth-order valence-corrected chi connectivity index (χ4v) is 3.63. The van der Waals surface area contributed by atoms with E-state index in [9.17, 15) is 9.90 Å². The van der Waals surface area contributed by atoms with Crippen molar-refractivity contribution in [2.75, 3.05) is 5.32 Å². The summed E-state index contributed by atoms with van der Waals surface area (Å²) < 4.78 is 0. The Balaban J connectivity index is 1.87. The van der Waals surface area contributed by atoms with Crippen LogP contribution in [0.5, 0.6) is 0 Å². The maximum Gasteiger partial charge on any atom is 0.311 e. The normalized spacial score (nSPS) is 28.7. The van der Waals surface area contributed by atoms with Crippen LogP contribution in [-0.4, -0.2) is 27.1 Å². The highest BCUT2D eigenvalue weighted by molar-refractivity contribution is 5.76. The second kappa shape index (κ2) is 5.62. The molecule has 1 fully saturated rings. The van der Waals surface area contributed by atoms with E-state index in [0.717, 1.165) is 56.5 Å². The van der Waals surface area contributed by atoms with E-state index in [4.69, 9.17) is 0 Å². The van der Waals surface area contributed by atoms with Crippen molar-refractivity contribution >= 4 is 11.8 Å². The van der Waals surface area contributed by atoms with E-state index < -0.39 is 11.4 Å².